The Morgan fingerprint density at radius 3 is 2.71 bits per heavy atom. The fourth-order valence-corrected chi connectivity index (χ4v) is 3.89. The second-order valence-corrected chi connectivity index (χ2v) is 7.35. The van der Waals surface area contributed by atoms with Crippen LogP contribution in [0.1, 0.15) is 16.1 Å². The summed E-state index contributed by atoms with van der Waals surface area (Å²) >= 11 is 0. The number of rotatable bonds is 6. The van der Waals surface area contributed by atoms with Gasteiger partial charge in [-0.05, 0) is 31.3 Å². The average Bonchev–Trinajstić information content (AvgIpc) is 3.29. The van der Waals surface area contributed by atoms with Gasteiger partial charge < -0.3 is 14.5 Å². The van der Waals surface area contributed by atoms with Crippen molar-refractivity contribution >= 4 is 16.0 Å². The third-order valence-corrected chi connectivity index (χ3v) is 5.38. The molecule has 1 N–H and O–H groups in total. The Labute approximate surface area is 158 Å². The third-order valence-electron chi connectivity index (χ3n) is 3.85. The highest BCUT2D eigenvalue weighted by molar-refractivity contribution is 7.89. The summed E-state index contributed by atoms with van der Waals surface area (Å²) in [6, 6.07) is 4.69. The summed E-state index contributed by atoms with van der Waals surface area (Å²) in [6.07, 6.45) is 2.17. The molecule has 0 radical (unpaired) electrons. The van der Waals surface area contributed by atoms with Gasteiger partial charge in [-0.25, -0.2) is 18.1 Å². The van der Waals surface area contributed by atoms with Crippen molar-refractivity contribution in [3.63, 3.8) is 0 Å². The zero-order chi connectivity index (χ0) is 20.5. The minimum atomic E-state index is -4.50. The molecule has 3 aromatic heterocycles. The normalized spacial score (nSPS) is 11.6. The molecule has 0 saturated heterocycles. The Morgan fingerprint density at radius 1 is 1.32 bits per heavy atom. The first-order chi connectivity index (χ1) is 13.3. The van der Waals surface area contributed by atoms with E-state index in [-0.39, 0.29) is 23.4 Å². The molecule has 0 aliphatic heterocycles. The fraction of sp³-hybridized carbons (Fsp3) is 0.176. The predicted molar refractivity (Wildman–Crippen MR) is 93.0 cm³/mol. The lowest BCUT2D eigenvalue weighted by Crippen LogP contribution is -2.13. The fourth-order valence-electron chi connectivity index (χ4n) is 2.58. The number of pyridine rings is 1. The first kappa shape index (κ1) is 19.7. The van der Waals surface area contributed by atoms with E-state index in [1.54, 1.807) is 7.05 Å². The van der Waals surface area contributed by atoms with Gasteiger partial charge in [0.2, 0.25) is 16.8 Å². The van der Waals surface area contributed by atoms with Crippen LogP contribution in [0.4, 0.5) is 8.78 Å². The molecule has 28 heavy (non-hydrogen) atoms. The van der Waals surface area contributed by atoms with Gasteiger partial charge >= 0.3 is 16.0 Å². The van der Waals surface area contributed by atoms with Crippen molar-refractivity contribution in [3.8, 4) is 11.3 Å². The van der Waals surface area contributed by atoms with Gasteiger partial charge in [-0.2, -0.15) is 12.8 Å². The molecule has 0 bridgehead atoms. The number of esters is 1. The standard InChI is InChI=1S/C17H15F2N3O5S/c1-20-8-10-9-22(15(14(10)18)11-4-3-7-21-16(11)19)28(24,25)13-6-5-12(27-13)17(23)26-2/h3-7,9,20H,8H2,1-2H3. The Kier molecular flexibility index (Phi) is 5.29. The minimum absolute atomic E-state index is 0.00516. The van der Waals surface area contributed by atoms with Crippen molar-refractivity contribution in [1.29, 1.82) is 0 Å². The summed E-state index contributed by atoms with van der Waals surface area (Å²) in [4.78, 5) is 15.0. The number of hydrogen-bond donors (Lipinski definition) is 1. The van der Waals surface area contributed by atoms with E-state index >= 15 is 0 Å². The molecule has 0 amide bonds. The van der Waals surface area contributed by atoms with Crippen LogP contribution >= 0.6 is 0 Å². The Hall–Kier alpha value is -3.05. The third kappa shape index (κ3) is 3.29. The highest BCUT2D eigenvalue weighted by Crippen LogP contribution is 2.32. The van der Waals surface area contributed by atoms with Crippen LogP contribution in [0.5, 0.6) is 0 Å². The van der Waals surface area contributed by atoms with E-state index in [0.29, 0.717) is 3.97 Å². The molecule has 0 saturated carbocycles. The molecule has 3 rings (SSSR count). The maximum atomic E-state index is 15.0. The maximum absolute atomic E-state index is 15.0. The van der Waals surface area contributed by atoms with E-state index in [2.05, 4.69) is 15.0 Å². The molecule has 0 fully saturated rings. The van der Waals surface area contributed by atoms with E-state index < -0.39 is 38.5 Å². The molecule has 0 unspecified atom stereocenters. The number of nitrogens with one attached hydrogen (secondary N) is 1. The van der Waals surface area contributed by atoms with Crippen LogP contribution in [0, 0.1) is 11.8 Å². The summed E-state index contributed by atoms with van der Waals surface area (Å²) in [7, 11) is -1.84. The van der Waals surface area contributed by atoms with Crippen LogP contribution in [0.2, 0.25) is 0 Å². The molecule has 0 aromatic carbocycles. The van der Waals surface area contributed by atoms with Gasteiger partial charge in [-0.3, -0.25) is 0 Å². The van der Waals surface area contributed by atoms with Crippen LogP contribution < -0.4 is 5.32 Å². The second kappa shape index (κ2) is 7.52. The van der Waals surface area contributed by atoms with Crippen LogP contribution in [0.3, 0.4) is 0 Å². The number of ether oxygens (including phenoxy) is 1. The number of furan rings is 1. The van der Waals surface area contributed by atoms with E-state index in [0.717, 1.165) is 31.6 Å². The van der Waals surface area contributed by atoms with Crippen molar-refractivity contribution in [1.82, 2.24) is 14.3 Å². The second-order valence-electron chi connectivity index (χ2n) is 5.60. The van der Waals surface area contributed by atoms with Crippen LogP contribution in [0.25, 0.3) is 11.3 Å². The van der Waals surface area contributed by atoms with Crippen molar-refractivity contribution in [2.45, 2.75) is 11.6 Å². The van der Waals surface area contributed by atoms with Crippen molar-refractivity contribution in [3.05, 3.63) is 59.7 Å². The molecule has 0 spiro atoms. The van der Waals surface area contributed by atoms with Gasteiger partial charge in [0.05, 0.1) is 12.7 Å². The average molecular weight is 411 g/mol. The lowest BCUT2D eigenvalue weighted by molar-refractivity contribution is 0.0559. The van der Waals surface area contributed by atoms with Gasteiger partial charge in [0.1, 0.15) is 5.69 Å². The van der Waals surface area contributed by atoms with Crippen molar-refractivity contribution < 1.29 is 31.1 Å². The van der Waals surface area contributed by atoms with Gasteiger partial charge in [-0.1, -0.05) is 0 Å². The van der Waals surface area contributed by atoms with E-state index in [4.69, 9.17) is 4.42 Å². The highest BCUT2D eigenvalue weighted by Gasteiger charge is 2.31. The largest absolute Gasteiger partial charge is 0.463 e. The van der Waals surface area contributed by atoms with E-state index in [9.17, 15) is 22.0 Å². The Bertz CT molecular complexity index is 1140. The van der Waals surface area contributed by atoms with E-state index in [1.807, 2.05) is 0 Å². The number of halogens is 2. The first-order valence-electron chi connectivity index (χ1n) is 7.90. The number of methoxy groups -OCH3 is 1. The highest BCUT2D eigenvalue weighted by atomic mass is 32.2. The molecule has 148 valence electrons. The molecule has 0 aliphatic rings. The molecular formula is C17H15F2N3O5S. The topological polar surface area (TPSA) is 103 Å². The van der Waals surface area contributed by atoms with Gasteiger partial charge in [0, 0.05) is 24.5 Å². The summed E-state index contributed by atoms with van der Waals surface area (Å²) in [6.45, 7) is -0.00516. The molecule has 3 heterocycles. The first-order valence-corrected chi connectivity index (χ1v) is 9.34. The molecule has 11 heteroatoms. The summed E-state index contributed by atoms with van der Waals surface area (Å²) < 4.78 is 65.3. The number of aromatic nitrogens is 2. The SMILES string of the molecule is CNCc1cn(S(=O)(=O)c2ccc(C(=O)OC)o2)c(-c2cccnc2F)c1F. The summed E-state index contributed by atoms with van der Waals surface area (Å²) in [5, 5.41) is 2.07. The Morgan fingerprint density at radius 2 is 2.07 bits per heavy atom. The molecule has 3 aromatic rings. The van der Waals surface area contributed by atoms with Gasteiger partial charge in [0.25, 0.3) is 0 Å². The Balaban J connectivity index is 2.23. The predicted octanol–water partition coefficient (Wildman–Crippen LogP) is 2.16. The molecule has 8 nitrogen and oxygen atoms in total. The summed E-state index contributed by atoms with van der Waals surface area (Å²) in [5.41, 5.74) is -0.887. The van der Waals surface area contributed by atoms with Gasteiger partial charge in [0.15, 0.2) is 5.82 Å². The summed E-state index contributed by atoms with van der Waals surface area (Å²) in [5.74, 6) is -3.20. The van der Waals surface area contributed by atoms with Crippen molar-refractivity contribution in [2.75, 3.05) is 14.2 Å². The maximum Gasteiger partial charge on any atom is 0.374 e. The van der Waals surface area contributed by atoms with Crippen molar-refractivity contribution in [2.24, 2.45) is 0 Å². The zero-order valence-electron chi connectivity index (χ0n) is 14.8. The zero-order valence-corrected chi connectivity index (χ0v) is 15.6. The minimum Gasteiger partial charge on any atom is -0.463 e. The lowest BCUT2D eigenvalue weighted by atomic mass is 10.2. The smallest absolute Gasteiger partial charge is 0.374 e. The number of hydrogen-bond acceptors (Lipinski definition) is 7. The van der Waals surface area contributed by atoms with Gasteiger partial charge in [-0.15, -0.1) is 0 Å². The molecular weight excluding hydrogens is 396 g/mol. The van der Waals surface area contributed by atoms with Crippen LogP contribution in [0.15, 0.2) is 46.2 Å². The quantitative estimate of drug-likeness (QED) is 0.490. The van der Waals surface area contributed by atoms with Crippen LogP contribution in [-0.4, -0.2) is 37.5 Å². The number of carbonyl (C=O) groups excluding carboxylic acids is 1. The molecule has 0 atom stereocenters. The van der Waals surface area contributed by atoms with E-state index in [1.165, 1.54) is 12.1 Å². The number of carbonyl (C=O) groups is 1. The monoisotopic (exact) mass is 411 g/mol. The number of nitrogens with zero attached hydrogens (tertiary/aromatic N) is 2. The van der Waals surface area contributed by atoms with Crippen LogP contribution in [-0.2, 0) is 21.3 Å². The molecule has 0 aliphatic carbocycles. The lowest BCUT2D eigenvalue weighted by Gasteiger charge is -2.09.